The van der Waals surface area contributed by atoms with Crippen molar-refractivity contribution in [3.05, 3.63) is 58.7 Å². The summed E-state index contributed by atoms with van der Waals surface area (Å²) in [6, 6.07) is 14.4. The summed E-state index contributed by atoms with van der Waals surface area (Å²) in [7, 11) is 0. The number of hydrogen-bond acceptors (Lipinski definition) is 4. The number of nitrogens with zero attached hydrogens (tertiary/aromatic N) is 2. The Morgan fingerprint density at radius 2 is 1.68 bits per heavy atom. The number of carbonyl (C=O) groups is 1. The molecule has 1 aromatic heterocycles. The first-order valence-electron chi connectivity index (χ1n) is 15.8. The first-order chi connectivity index (χ1) is 19.7. The Kier molecular flexibility index (Phi) is 8.01. The molecule has 3 fully saturated rings. The number of aromatic nitrogens is 1. The average molecular weight is 557 g/mol. The van der Waals surface area contributed by atoms with Gasteiger partial charge in [0.1, 0.15) is 0 Å². The number of amides is 1. The van der Waals surface area contributed by atoms with Crippen molar-refractivity contribution in [3.63, 3.8) is 0 Å². The number of ether oxygens (including phenoxy) is 1. The molecule has 3 aliphatic rings. The maximum atomic E-state index is 14.0. The minimum absolute atomic E-state index is 0.297. The van der Waals surface area contributed by atoms with Crippen molar-refractivity contribution in [3.8, 4) is 11.3 Å². The number of nitrogens with one attached hydrogen (secondary N) is 2. The molecular weight excluding hydrogens is 508 g/mol. The number of fused-ring (bicyclic) bond motifs is 3. The Labute approximate surface area is 245 Å². The van der Waals surface area contributed by atoms with E-state index in [9.17, 15) is 4.79 Å². The summed E-state index contributed by atoms with van der Waals surface area (Å²) in [6.07, 6.45) is 4.68. The molecule has 0 saturated carbocycles. The molecule has 3 aliphatic heterocycles. The Morgan fingerprint density at radius 3 is 2.34 bits per heavy atom. The van der Waals surface area contributed by atoms with Gasteiger partial charge in [-0.05, 0) is 100 Å². The quantitative estimate of drug-likeness (QED) is 0.322. The van der Waals surface area contributed by atoms with Crippen molar-refractivity contribution in [1.82, 2.24) is 20.1 Å². The van der Waals surface area contributed by atoms with E-state index in [1.54, 1.807) is 0 Å². The molecule has 2 N–H and O–H groups in total. The van der Waals surface area contributed by atoms with Crippen molar-refractivity contribution < 1.29 is 9.53 Å². The van der Waals surface area contributed by atoms with Crippen molar-refractivity contribution in [2.24, 2.45) is 0 Å². The summed E-state index contributed by atoms with van der Waals surface area (Å²) >= 11 is 0. The molecule has 2 bridgehead atoms. The van der Waals surface area contributed by atoms with E-state index in [4.69, 9.17) is 4.74 Å². The van der Waals surface area contributed by atoms with Crippen LogP contribution in [0.25, 0.3) is 22.2 Å². The fraction of sp³-hybridized carbons (Fsp3) is 0.571. The van der Waals surface area contributed by atoms with Gasteiger partial charge >= 0.3 is 0 Å². The van der Waals surface area contributed by atoms with Crippen LogP contribution < -0.4 is 5.32 Å². The number of benzene rings is 2. The van der Waals surface area contributed by atoms with Gasteiger partial charge in [-0.2, -0.15) is 0 Å². The van der Waals surface area contributed by atoms with E-state index in [-0.39, 0.29) is 0 Å². The Morgan fingerprint density at radius 1 is 1.02 bits per heavy atom. The van der Waals surface area contributed by atoms with Gasteiger partial charge in [0.25, 0.3) is 0 Å². The van der Waals surface area contributed by atoms with Gasteiger partial charge in [-0.25, -0.2) is 0 Å². The lowest BCUT2D eigenvalue weighted by Crippen LogP contribution is -2.45. The van der Waals surface area contributed by atoms with Crippen LogP contribution in [0.1, 0.15) is 74.6 Å². The second-order valence-electron chi connectivity index (χ2n) is 13.4. The van der Waals surface area contributed by atoms with Crippen LogP contribution in [0.4, 0.5) is 0 Å². The Balaban J connectivity index is 1.32. The van der Waals surface area contributed by atoms with Crippen molar-refractivity contribution in [2.75, 3.05) is 45.9 Å². The molecule has 1 amide bonds. The molecular formula is C35H48N4O2. The second kappa shape index (κ2) is 11.5. The lowest BCUT2D eigenvalue weighted by Gasteiger charge is -2.33. The molecule has 1 atom stereocenters. The largest absolute Gasteiger partial charge is 0.379 e. The minimum Gasteiger partial charge on any atom is -0.379 e. The summed E-state index contributed by atoms with van der Waals surface area (Å²) < 4.78 is 5.51. The monoisotopic (exact) mass is 556 g/mol. The van der Waals surface area contributed by atoms with Gasteiger partial charge in [0, 0.05) is 55.7 Å². The number of aryl methyl sites for hydroxylation is 2. The van der Waals surface area contributed by atoms with Crippen LogP contribution in [0.3, 0.4) is 0 Å². The smallest absolute Gasteiger partial charge is 0.233 e. The van der Waals surface area contributed by atoms with E-state index >= 15 is 0 Å². The average Bonchev–Trinajstić information content (AvgIpc) is 3.67. The highest BCUT2D eigenvalue weighted by Crippen LogP contribution is 2.42. The van der Waals surface area contributed by atoms with Crippen LogP contribution in [0.15, 0.2) is 36.4 Å². The second-order valence-corrected chi connectivity index (χ2v) is 13.4. The molecule has 6 nitrogen and oxygen atoms in total. The maximum absolute atomic E-state index is 14.0. The standard InChI is InChI=1S/C35H48N4O2/c1-23-18-24(2)20-26(19-23)33-32(25(3)22-36-12-13-38-14-16-41-17-15-38)30-21-27(6-11-31(30)37-33)35(4,5)34(40)39-28-7-8-29(39)10-9-28/h6,11,18-21,25,28-29,36-37H,7-10,12-17,22H2,1-5H3/t25-,28?,29?/m1/s1. The number of carbonyl (C=O) groups excluding carboxylic acids is 1. The number of aromatic amines is 1. The predicted molar refractivity (Wildman–Crippen MR) is 168 cm³/mol. The molecule has 3 saturated heterocycles. The van der Waals surface area contributed by atoms with Crippen LogP contribution in [0.2, 0.25) is 0 Å². The number of morpholine rings is 1. The van der Waals surface area contributed by atoms with Gasteiger partial charge in [0.15, 0.2) is 0 Å². The lowest BCUT2D eigenvalue weighted by atomic mass is 9.81. The fourth-order valence-corrected chi connectivity index (χ4v) is 7.63. The van der Waals surface area contributed by atoms with Crippen LogP contribution in [-0.4, -0.2) is 78.7 Å². The van der Waals surface area contributed by atoms with E-state index in [2.05, 4.69) is 91.1 Å². The highest BCUT2D eigenvalue weighted by Gasteiger charge is 2.47. The molecule has 4 heterocycles. The zero-order valence-corrected chi connectivity index (χ0v) is 25.7. The number of rotatable bonds is 9. The topological polar surface area (TPSA) is 60.6 Å². The predicted octanol–water partition coefficient (Wildman–Crippen LogP) is 5.91. The molecule has 0 radical (unpaired) electrons. The van der Waals surface area contributed by atoms with Crippen molar-refractivity contribution in [2.45, 2.75) is 83.7 Å². The molecule has 3 aromatic rings. The van der Waals surface area contributed by atoms with Crippen LogP contribution in [0.5, 0.6) is 0 Å². The van der Waals surface area contributed by atoms with Gasteiger partial charge in [-0.1, -0.05) is 30.2 Å². The van der Waals surface area contributed by atoms with Gasteiger partial charge < -0.3 is 19.9 Å². The van der Waals surface area contributed by atoms with E-state index < -0.39 is 5.41 Å². The van der Waals surface area contributed by atoms with Crippen LogP contribution >= 0.6 is 0 Å². The van der Waals surface area contributed by atoms with Gasteiger partial charge in [-0.3, -0.25) is 9.69 Å². The summed E-state index contributed by atoms with van der Waals surface area (Å²) in [5.41, 5.74) is 8.02. The molecule has 0 aliphatic carbocycles. The fourth-order valence-electron chi connectivity index (χ4n) is 7.63. The highest BCUT2D eigenvalue weighted by molar-refractivity contribution is 5.95. The van der Waals surface area contributed by atoms with Gasteiger partial charge in [-0.15, -0.1) is 0 Å². The molecule has 41 heavy (non-hydrogen) atoms. The lowest BCUT2D eigenvalue weighted by molar-refractivity contribution is -0.137. The molecule has 220 valence electrons. The summed E-state index contributed by atoms with van der Waals surface area (Å²) in [4.78, 5) is 22.5. The Hall–Kier alpha value is -2.67. The van der Waals surface area contributed by atoms with Crippen molar-refractivity contribution in [1.29, 1.82) is 0 Å². The molecule has 6 heteroatoms. The third-order valence-electron chi connectivity index (χ3n) is 9.94. The highest BCUT2D eigenvalue weighted by atomic mass is 16.5. The Bertz CT molecular complexity index is 1360. The molecule has 6 rings (SSSR count). The molecule has 0 unspecified atom stereocenters. The summed E-state index contributed by atoms with van der Waals surface area (Å²) in [5.74, 6) is 0.596. The summed E-state index contributed by atoms with van der Waals surface area (Å²) in [6.45, 7) is 17.6. The summed E-state index contributed by atoms with van der Waals surface area (Å²) in [5, 5.41) is 4.99. The molecule has 2 aromatic carbocycles. The van der Waals surface area contributed by atoms with E-state index in [1.165, 1.54) is 59.0 Å². The van der Waals surface area contributed by atoms with Gasteiger partial charge in [0.2, 0.25) is 5.91 Å². The van der Waals surface area contributed by atoms with Crippen molar-refractivity contribution >= 4 is 16.8 Å². The maximum Gasteiger partial charge on any atom is 0.233 e. The zero-order chi connectivity index (χ0) is 28.7. The number of hydrogen-bond donors (Lipinski definition) is 2. The normalized spacial score (nSPS) is 22.1. The van der Waals surface area contributed by atoms with E-state index in [1.807, 2.05) is 0 Å². The third-order valence-corrected chi connectivity index (χ3v) is 9.94. The SMILES string of the molecule is Cc1cc(C)cc(-c2[nH]c3ccc(C(C)(C)C(=O)N4C5CCC4CC5)cc3c2[C@H](C)CNCCN2CCOCC2)c1. The first kappa shape index (κ1) is 28.4. The third kappa shape index (κ3) is 5.59. The van der Waals surface area contributed by atoms with E-state index in [0.717, 1.165) is 57.0 Å². The van der Waals surface area contributed by atoms with Crippen LogP contribution in [-0.2, 0) is 14.9 Å². The zero-order valence-electron chi connectivity index (χ0n) is 25.7. The minimum atomic E-state index is -0.562. The number of H-pyrrole nitrogens is 1. The van der Waals surface area contributed by atoms with Crippen LogP contribution in [0, 0.1) is 13.8 Å². The first-order valence-corrected chi connectivity index (χ1v) is 15.8. The molecule has 0 spiro atoms. The van der Waals surface area contributed by atoms with E-state index in [0.29, 0.717) is 23.9 Å². The van der Waals surface area contributed by atoms with Gasteiger partial charge in [0.05, 0.1) is 24.3 Å².